The molecule has 1 unspecified atom stereocenters. The molecule has 7 nitrogen and oxygen atoms in total. The Kier molecular flexibility index (Phi) is 3.05. The number of aromatic carboxylic acids is 1. The van der Waals surface area contributed by atoms with Gasteiger partial charge in [0, 0.05) is 12.1 Å². The summed E-state index contributed by atoms with van der Waals surface area (Å²) in [6.07, 6.45) is 0.743. The van der Waals surface area contributed by atoms with Crippen LogP contribution < -0.4 is 10.6 Å². The zero-order valence-corrected chi connectivity index (χ0v) is 9.74. The maximum Gasteiger partial charge on any atom is 0.354 e. The van der Waals surface area contributed by atoms with Gasteiger partial charge in [-0.3, -0.25) is 9.59 Å². The van der Waals surface area contributed by atoms with Gasteiger partial charge in [0.05, 0.1) is 5.69 Å². The summed E-state index contributed by atoms with van der Waals surface area (Å²) in [6.45, 7) is 1.69. The van der Waals surface area contributed by atoms with Gasteiger partial charge < -0.3 is 20.7 Å². The van der Waals surface area contributed by atoms with Gasteiger partial charge in [-0.1, -0.05) is 0 Å². The summed E-state index contributed by atoms with van der Waals surface area (Å²) in [4.78, 5) is 36.4. The molecule has 2 rings (SSSR count). The lowest BCUT2D eigenvalue weighted by Gasteiger charge is -2.10. The monoisotopic (exact) mass is 251 g/mol. The number of aryl methyl sites for hydroxylation is 1. The lowest BCUT2D eigenvalue weighted by molar-refractivity contribution is -0.122. The minimum Gasteiger partial charge on any atom is -0.477 e. The molecule has 0 bridgehead atoms. The summed E-state index contributed by atoms with van der Waals surface area (Å²) < 4.78 is 0. The average molecular weight is 251 g/mol. The van der Waals surface area contributed by atoms with Crippen molar-refractivity contribution in [1.82, 2.24) is 10.3 Å². The molecule has 2 amide bonds. The van der Waals surface area contributed by atoms with Crippen LogP contribution in [0.5, 0.6) is 0 Å². The zero-order chi connectivity index (χ0) is 13.3. The molecule has 0 aliphatic carbocycles. The highest BCUT2D eigenvalue weighted by molar-refractivity contribution is 6.03. The van der Waals surface area contributed by atoms with Crippen LogP contribution in [0, 0.1) is 6.92 Å². The van der Waals surface area contributed by atoms with Crippen molar-refractivity contribution in [2.24, 2.45) is 0 Å². The second-order valence-electron chi connectivity index (χ2n) is 4.19. The van der Waals surface area contributed by atoms with Crippen molar-refractivity contribution in [2.45, 2.75) is 25.8 Å². The van der Waals surface area contributed by atoms with Crippen molar-refractivity contribution in [3.05, 3.63) is 17.5 Å². The van der Waals surface area contributed by atoms with E-state index in [1.807, 2.05) is 0 Å². The fraction of sp³-hybridized carbons (Fsp3) is 0.364. The minimum absolute atomic E-state index is 0.0647. The number of carboxylic acids is 1. The van der Waals surface area contributed by atoms with E-state index in [-0.39, 0.29) is 17.3 Å². The van der Waals surface area contributed by atoms with Crippen LogP contribution in [-0.4, -0.2) is 33.9 Å². The minimum atomic E-state index is -1.14. The number of aromatic nitrogens is 1. The summed E-state index contributed by atoms with van der Waals surface area (Å²) in [6, 6.07) is 0.951. The number of hydrogen-bond acceptors (Lipinski definition) is 3. The molecule has 1 aliphatic heterocycles. The first-order chi connectivity index (χ1) is 8.47. The van der Waals surface area contributed by atoms with Crippen molar-refractivity contribution in [1.29, 1.82) is 0 Å². The predicted molar refractivity (Wildman–Crippen MR) is 62.3 cm³/mol. The molecule has 1 atom stereocenters. The predicted octanol–water partition coefficient (Wildman–Crippen LogP) is 0.238. The molecule has 2 heterocycles. The Balaban J connectivity index is 2.11. The van der Waals surface area contributed by atoms with Crippen molar-refractivity contribution in [3.8, 4) is 0 Å². The van der Waals surface area contributed by atoms with Gasteiger partial charge in [0.15, 0.2) is 0 Å². The molecule has 96 valence electrons. The first-order valence-corrected chi connectivity index (χ1v) is 5.50. The molecule has 18 heavy (non-hydrogen) atoms. The number of carbonyl (C=O) groups excluding carboxylic acids is 2. The van der Waals surface area contributed by atoms with Gasteiger partial charge >= 0.3 is 5.97 Å². The van der Waals surface area contributed by atoms with Gasteiger partial charge in [-0.05, 0) is 19.4 Å². The highest BCUT2D eigenvalue weighted by Crippen LogP contribution is 2.18. The Hall–Kier alpha value is -2.31. The zero-order valence-electron chi connectivity index (χ0n) is 9.74. The van der Waals surface area contributed by atoms with Crippen LogP contribution in [0.3, 0.4) is 0 Å². The second-order valence-corrected chi connectivity index (χ2v) is 4.19. The number of carboxylic acid groups (broad SMARTS) is 1. The van der Waals surface area contributed by atoms with E-state index in [0.29, 0.717) is 18.5 Å². The number of hydrogen-bond donors (Lipinski definition) is 4. The van der Waals surface area contributed by atoms with Gasteiger partial charge in [0.2, 0.25) is 11.8 Å². The van der Waals surface area contributed by atoms with Crippen LogP contribution >= 0.6 is 0 Å². The highest BCUT2D eigenvalue weighted by atomic mass is 16.4. The molecular weight excluding hydrogens is 238 g/mol. The molecule has 1 aromatic heterocycles. The van der Waals surface area contributed by atoms with E-state index < -0.39 is 17.9 Å². The molecule has 1 aromatic rings. The van der Waals surface area contributed by atoms with Crippen molar-refractivity contribution < 1.29 is 19.5 Å². The number of aromatic amines is 1. The lowest BCUT2D eigenvalue weighted by Crippen LogP contribution is -2.37. The van der Waals surface area contributed by atoms with Crippen LogP contribution in [0.1, 0.15) is 29.0 Å². The molecule has 4 N–H and O–H groups in total. The molecule has 1 aliphatic rings. The number of amides is 2. The second kappa shape index (κ2) is 4.52. The third-order valence-electron chi connectivity index (χ3n) is 2.74. The third-order valence-corrected chi connectivity index (χ3v) is 2.74. The summed E-state index contributed by atoms with van der Waals surface area (Å²) in [5, 5.41) is 14.0. The Morgan fingerprint density at radius 3 is 2.78 bits per heavy atom. The molecular formula is C11H13N3O4. The van der Waals surface area contributed by atoms with E-state index in [4.69, 9.17) is 5.11 Å². The summed E-state index contributed by atoms with van der Waals surface area (Å²) >= 11 is 0. The van der Waals surface area contributed by atoms with E-state index in [9.17, 15) is 14.4 Å². The topological polar surface area (TPSA) is 111 Å². The summed E-state index contributed by atoms with van der Waals surface area (Å²) in [7, 11) is 0. The smallest absolute Gasteiger partial charge is 0.354 e. The molecule has 0 radical (unpaired) electrons. The lowest BCUT2D eigenvalue weighted by atomic mass is 10.2. The van der Waals surface area contributed by atoms with Gasteiger partial charge in [-0.2, -0.15) is 0 Å². The van der Waals surface area contributed by atoms with Gasteiger partial charge in [0.1, 0.15) is 11.7 Å². The van der Waals surface area contributed by atoms with E-state index in [1.54, 1.807) is 6.92 Å². The van der Waals surface area contributed by atoms with Gasteiger partial charge in [-0.25, -0.2) is 4.79 Å². The van der Waals surface area contributed by atoms with Crippen molar-refractivity contribution in [3.63, 3.8) is 0 Å². The van der Waals surface area contributed by atoms with E-state index in [0.717, 1.165) is 0 Å². The standard InChI is InChI=1S/C11H13N3O4/c1-5-4-7(9(12-5)11(17)18)14-10(16)6-2-3-8(15)13-6/h4,6,12H,2-3H2,1H3,(H,13,15)(H,14,16)(H,17,18). The number of H-pyrrole nitrogens is 1. The molecule has 0 saturated carbocycles. The summed E-state index contributed by atoms with van der Waals surface area (Å²) in [5.74, 6) is -1.71. The van der Waals surface area contributed by atoms with Crippen LogP contribution in [0.25, 0.3) is 0 Å². The van der Waals surface area contributed by atoms with Crippen LogP contribution in [0.2, 0.25) is 0 Å². The fourth-order valence-electron chi connectivity index (χ4n) is 1.89. The van der Waals surface area contributed by atoms with Crippen molar-refractivity contribution in [2.75, 3.05) is 5.32 Å². The third kappa shape index (κ3) is 2.34. The molecule has 1 fully saturated rings. The average Bonchev–Trinajstić information content (AvgIpc) is 2.85. The number of anilines is 1. The maximum absolute atomic E-state index is 11.8. The first kappa shape index (κ1) is 12.2. The quantitative estimate of drug-likeness (QED) is 0.616. The number of nitrogens with one attached hydrogen (secondary N) is 3. The normalized spacial score (nSPS) is 18.5. The van der Waals surface area contributed by atoms with Gasteiger partial charge in [-0.15, -0.1) is 0 Å². The van der Waals surface area contributed by atoms with Crippen LogP contribution in [0.4, 0.5) is 5.69 Å². The van der Waals surface area contributed by atoms with E-state index in [1.165, 1.54) is 6.07 Å². The Bertz CT molecular complexity index is 520. The first-order valence-electron chi connectivity index (χ1n) is 5.50. The van der Waals surface area contributed by atoms with Crippen molar-refractivity contribution >= 4 is 23.5 Å². The SMILES string of the molecule is Cc1cc(NC(=O)C2CCC(=O)N2)c(C(=O)O)[nH]1. The number of carbonyl (C=O) groups is 3. The van der Waals surface area contributed by atoms with E-state index >= 15 is 0 Å². The maximum atomic E-state index is 11.8. The van der Waals surface area contributed by atoms with E-state index in [2.05, 4.69) is 15.6 Å². The molecule has 0 aromatic carbocycles. The highest BCUT2D eigenvalue weighted by Gasteiger charge is 2.28. The number of rotatable bonds is 3. The molecule has 7 heteroatoms. The van der Waals surface area contributed by atoms with Gasteiger partial charge in [0.25, 0.3) is 0 Å². The largest absolute Gasteiger partial charge is 0.477 e. The molecule has 1 saturated heterocycles. The van der Waals surface area contributed by atoms with Crippen LogP contribution in [0.15, 0.2) is 6.07 Å². The Labute approximate surface area is 103 Å². The van der Waals surface area contributed by atoms with Crippen LogP contribution in [-0.2, 0) is 9.59 Å². The summed E-state index contributed by atoms with van der Waals surface area (Å²) in [5.41, 5.74) is 0.787. The Morgan fingerprint density at radius 1 is 1.50 bits per heavy atom. The fourth-order valence-corrected chi connectivity index (χ4v) is 1.89. The molecule has 0 spiro atoms. The Morgan fingerprint density at radius 2 is 2.22 bits per heavy atom.